The summed E-state index contributed by atoms with van der Waals surface area (Å²) in [6, 6.07) is 4.89. The molecule has 1 heterocycles. The molecule has 1 aliphatic carbocycles. The van der Waals surface area contributed by atoms with Gasteiger partial charge in [-0.25, -0.2) is 4.39 Å². The van der Waals surface area contributed by atoms with Gasteiger partial charge in [-0.15, -0.1) is 23.7 Å². The van der Waals surface area contributed by atoms with Crippen molar-refractivity contribution in [2.24, 2.45) is 5.73 Å². The lowest BCUT2D eigenvalue weighted by molar-refractivity contribution is 0.0950. The first-order valence-electron chi connectivity index (χ1n) is 7.54. The van der Waals surface area contributed by atoms with Gasteiger partial charge < -0.3 is 11.1 Å². The van der Waals surface area contributed by atoms with E-state index in [1.807, 2.05) is 5.38 Å². The number of carbonyl (C=O) groups excluding carboxylic acids is 1. The van der Waals surface area contributed by atoms with Crippen molar-refractivity contribution in [3.05, 3.63) is 56.5 Å². The van der Waals surface area contributed by atoms with Gasteiger partial charge in [0.05, 0.1) is 5.56 Å². The summed E-state index contributed by atoms with van der Waals surface area (Å²) in [7, 11) is 0. The van der Waals surface area contributed by atoms with Crippen LogP contribution in [-0.2, 0) is 25.9 Å². The molecular formula is C17H20ClFN2OS. The topological polar surface area (TPSA) is 55.1 Å². The third-order valence-electron chi connectivity index (χ3n) is 4.10. The largest absolute Gasteiger partial charge is 0.348 e. The Morgan fingerprint density at radius 3 is 2.83 bits per heavy atom. The second-order valence-corrected chi connectivity index (χ2v) is 6.53. The Balaban J connectivity index is 0.00000192. The summed E-state index contributed by atoms with van der Waals surface area (Å²) < 4.78 is 13.9. The van der Waals surface area contributed by atoms with Gasteiger partial charge in [0.2, 0.25) is 0 Å². The Bertz CT molecular complexity index is 702. The fraction of sp³-hybridized carbons (Fsp3) is 0.353. The van der Waals surface area contributed by atoms with Gasteiger partial charge in [0.1, 0.15) is 5.82 Å². The lowest BCUT2D eigenvalue weighted by Crippen LogP contribution is -2.24. The number of halogens is 2. The van der Waals surface area contributed by atoms with Crippen LogP contribution < -0.4 is 11.1 Å². The number of hydrogen-bond acceptors (Lipinski definition) is 3. The third-order valence-corrected chi connectivity index (χ3v) is 5.19. The standard InChI is InChI=1S/C17H19FN2OS.ClH/c18-15-7-11(8-19)5-6-12(15)9-20-17(21)14-10-22-16-4-2-1-3-13(14)16;/h5-7,10H,1-4,8-9,19H2,(H,20,21);1H. The molecule has 3 nitrogen and oxygen atoms in total. The van der Waals surface area contributed by atoms with Crippen molar-refractivity contribution in [2.75, 3.05) is 0 Å². The molecule has 3 rings (SSSR count). The normalized spacial score (nSPS) is 13.1. The number of carbonyl (C=O) groups is 1. The molecule has 0 radical (unpaired) electrons. The van der Waals surface area contributed by atoms with E-state index >= 15 is 0 Å². The van der Waals surface area contributed by atoms with E-state index in [-0.39, 0.29) is 30.7 Å². The molecule has 1 aliphatic rings. The zero-order chi connectivity index (χ0) is 15.5. The van der Waals surface area contributed by atoms with Crippen molar-refractivity contribution in [2.45, 2.75) is 38.8 Å². The molecule has 0 saturated carbocycles. The van der Waals surface area contributed by atoms with Gasteiger partial charge in [0.25, 0.3) is 5.91 Å². The van der Waals surface area contributed by atoms with E-state index in [2.05, 4.69) is 5.32 Å². The summed E-state index contributed by atoms with van der Waals surface area (Å²) in [5.41, 5.74) is 8.67. The average molecular weight is 355 g/mol. The van der Waals surface area contributed by atoms with Gasteiger partial charge in [-0.1, -0.05) is 12.1 Å². The Morgan fingerprint density at radius 1 is 1.30 bits per heavy atom. The van der Waals surface area contributed by atoms with E-state index < -0.39 is 0 Å². The number of nitrogens with two attached hydrogens (primary N) is 1. The van der Waals surface area contributed by atoms with Crippen LogP contribution in [0.5, 0.6) is 0 Å². The van der Waals surface area contributed by atoms with E-state index in [4.69, 9.17) is 5.73 Å². The fourth-order valence-corrected chi connectivity index (χ4v) is 3.94. The molecule has 1 aromatic carbocycles. The minimum atomic E-state index is -0.324. The quantitative estimate of drug-likeness (QED) is 0.881. The summed E-state index contributed by atoms with van der Waals surface area (Å²) in [5, 5.41) is 4.76. The Morgan fingerprint density at radius 2 is 2.09 bits per heavy atom. The van der Waals surface area contributed by atoms with Crippen LogP contribution in [0, 0.1) is 5.82 Å². The van der Waals surface area contributed by atoms with Crippen molar-refractivity contribution in [1.82, 2.24) is 5.32 Å². The molecule has 6 heteroatoms. The first kappa shape index (κ1) is 17.9. The maximum atomic E-state index is 13.9. The predicted octanol–water partition coefficient (Wildman–Crippen LogP) is 3.58. The van der Waals surface area contributed by atoms with Crippen LogP contribution in [0.25, 0.3) is 0 Å². The van der Waals surface area contributed by atoms with Crippen molar-refractivity contribution in [3.63, 3.8) is 0 Å². The summed E-state index contributed by atoms with van der Waals surface area (Å²) in [5.74, 6) is -0.433. The molecule has 0 bridgehead atoms. The minimum absolute atomic E-state index is 0. The second kappa shape index (κ2) is 7.90. The molecule has 3 N–H and O–H groups in total. The molecule has 2 aromatic rings. The lowest BCUT2D eigenvalue weighted by Gasteiger charge is -2.13. The van der Waals surface area contributed by atoms with Crippen LogP contribution in [0.1, 0.15) is 44.8 Å². The molecule has 0 unspecified atom stereocenters. The maximum Gasteiger partial charge on any atom is 0.252 e. The molecule has 0 saturated heterocycles. The molecule has 0 aliphatic heterocycles. The number of benzene rings is 1. The highest BCUT2D eigenvalue weighted by molar-refractivity contribution is 7.10. The molecule has 0 spiro atoms. The van der Waals surface area contributed by atoms with Crippen LogP contribution in [0.3, 0.4) is 0 Å². The number of nitrogens with one attached hydrogen (secondary N) is 1. The highest BCUT2D eigenvalue weighted by Crippen LogP contribution is 2.30. The summed E-state index contributed by atoms with van der Waals surface area (Å²) in [6.45, 7) is 0.505. The summed E-state index contributed by atoms with van der Waals surface area (Å²) >= 11 is 1.66. The van der Waals surface area contributed by atoms with E-state index in [0.29, 0.717) is 12.1 Å². The zero-order valence-electron chi connectivity index (χ0n) is 12.7. The monoisotopic (exact) mass is 354 g/mol. The van der Waals surface area contributed by atoms with Crippen molar-refractivity contribution >= 4 is 29.7 Å². The fourth-order valence-electron chi connectivity index (χ4n) is 2.82. The van der Waals surface area contributed by atoms with E-state index in [0.717, 1.165) is 30.4 Å². The first-order valence-corrected chi connectivity index (χ1v) is 8.42. The van der Waals surface area contributed by atoms with Gasteiger partial charge >= 0.3 is 0 Å². The van der Waals surface area contributed by atoms with Crippen LogP contribution in [0.15, 0.2) is 23.6 Å². The maximum absolute atomic E-state index is 13.9. The molecule has 1 amide bonds. The first-order chi connectivity index (χ1) is 10.7. The number of rotatable bonds is 4. The molecule has 124 valence electrons. The number of amides is 1. The SMILES string of the molecule is Cl.NCc1ccc(CNC(=O)c2csc3c2CCCC3)c(F)c1. The van der Waals surface area contributed by atoms with Crippen molar-refractivity contribution in [3.8, 4) is 0 Å². The van der Waals surface area contributed by atoms with Crippen LogP contribution in [-0.4, -0.2) is 5.91 Å². The van der Waals surface area contributed by atoms with Gasteiger partial charge in [0, 0.05) is 28.9 Å². The van der Waals surface area contributed by atoms with E-state index in [1.54, 1.807) is 23.5 Å². The summed E-state index contributed by atoms with van der Waals surface area (Å²) in [4.78, 5) is 13.7. The number of aryl methyl sites for hydroxylation is 1. The van der Waals surface area contributed by atoms with Crippen LogP contribution in [0.4, 0.5) is 4.39 Å². The van der Waals surface area contributed by atoms with Crippen molar-refractivity contribution < 1.29 is 9.18 Å². The van der Waals surface area contributed by atoms with E-state index in [1.165, 1.54) is 22.9 Å². The Labute approximate surface area is 145 Å². The number of thiophene rings is 1. The predicted molar refractivity (Wildman–Crippen MR) is 93.7 cm³/mol. The second-order valence-electron chi connectivity index (χ2n) is 5.57. The van der Waals surface area contributed by atoms with Gasteiger partial charge in [-0.05, 0) is 42.9 Å². The van der Waals surface area contributed by atoms with Crippen LogP contribution in [0.2, 0.25) is 0 Å². The molecule has 0 fully saturated rings. The minimum Gasteiger partial charge on any atom is -0.348 e. The Kier molecular flexibility index (Phi) is 6.16. The highest BCUT2D eigenvalue weighted by Gasteiger charge is 2.20. The van der Waals surface area contributed by atoms with E-state index in [9.17, 15) is 9.18 Å². The number of fused-ring (bicyclic) bond motifs is 1. The smallest absolute Gasteiger partial charge is 0.252 e. The lowest BCUT2D eigenvalue weighted by atomic mass is 9.95. The van der Waals surface area contributed by atoms with Gasteiger partial charge in [-0.2, -0.15) is 0 Å². The molecule has 0 atom stereocenters. The third kappa shape index (κ3) is 3.91. The Hall–Kier alpha value is -1.43. The van der Waals surface area contributed by atoms with Crippen LogP contribution >= 0.6 is 23.7 Å². The highest BCUT2D eigenvalue weighted by atomic mass is 35.5. The average Bonchev–Trinajstić information content (AvgIpc) is 2.97. The summed E-state index contributed by atoms with van der Waals surface area (Å²) in [6.07, 6.45) is 4.38. The molecule has 1 aromatic heterocycles. The van der Waals surface area contributed by atoms with Crippen molar-refractivity contribution in [1.29, 1.82) is 0 Å². The molecular weight excluding hydrogens is 335 g/mol. The number of hydrogen-bond donors (Lipinski definition) is 2. The van der Waals surface area contributed by atoms with Gasteiger partial charge in [-0.3, -0.25) is 4.79 Å². The van der Waals surface area contributed by atoms with Gasteiger partial charge in [0.15, 0.2) is 0 Å². The molecule has 23 heavy (non-hydrogen) atoms. The zero-order valence-corrected chi connectivity index (χ0v) is 14.4.